The Hall–Kier alpha value is -0.580. The summed E-state index contributed by atoms with van der Waals surface area (Å²) in [5.41, 5.74) is 0.0387. The van der Waals surface area contributed by atoms with Crippen molar-refractivity contribution in [2.45, 2.75) is 43.7 Å². The number of nitrogens with one attached hydrogen (secondary N) is 1. The second kappa shape index (κ2) is 8.42. The number of carboxylic acid groups (broad SMARTS) is 1. The molecule has 0 unspecified atom stereocenters. The van der Waals surface area contributed by atoms with E-state index in [1.807, 2.05) is 6.92 Å². The van der Waals surface area contributed by atoms with Gasteiger partial charge in [0.1, 0.15) is 5.70 Å². The minimum Gasteiger partial charge on any atom is -1.00 e. The molecule has 8 nitrogen and oxygen atoms in total. The van der Waals surface area contributed by atoms with Crippen molar-refractivity contribution in [3.63, 3.8) is 0 Å². The van der Waals surface area contributed by atoms with Gasteiger partial charge < -0.3 is 26.8 Å². The molecular weight excluding hydrogens is 381 g/mol. The summed E-state index contributed by atoms with van der Waals surface area (Å²) in [5.74, 6) is -2.14. The zero-order chi connectivity index (χ0) is 19.3. The summed E-state index contributed by atoms with van der Waals surface area (Å²) in [6.07, 6.45) is -0.190. The number of hydrogen-bond donors (Lipinski definition) is 3. The second-order valence-corrected chi connectivity index (χ2v) is 8.78. The third-order valence-electron chi connectivity index (χ3n) is 5.43. The van der Waals surface area contributed by atoms with Gasteiger partial charge in [-0.15, -0.1) is 11.8 Å². The molecule has 0 radical (unpaired) electrons. The maximum Gasteiger partial charge on any atom is 1.00 e. The van der Waals surface area contributed by atoms with Gasteiger partial charge in [0, 0.05) is 36.7 Å². The van der Waals surface area contributed by atoms with Crippen molar-refractivity contribution < 1.29 is 55.6 Å². The predicted molar refractivity (Wildman–Crippen MR) is 97.2 cm³/mol. The van der Waals surface area contributed by atoms with Crippen LogP contribution in [-0.2, 0) is 14.4 Å². The molecule has 2 saturated heterocycles. The average Bonchev–Trinajstić information content (AvgIpc) is 3.09. The standard InChI is InChI=1S/C17H25N3O5S.Na.H/c1-7-12-11(8(2)21)16(23)20(12)13(17(24)25)14(7)26-9-5-10(18-6-9)15(22)19(3)4;;/h7-12,18,21H,5-6H2,1-4H3,(H,24,25);;/q;+1;-1/t7-,8-,9+,10+,11-,12-;;/m1../s1. The number of rotatable bonds is 5. The SMILES string of the molecule is C[C@@H](O)[C@H]1C(=O)N2C(C(=O)O)=C(S[C@@H]3CN[C@H](C(=O)N(C)C)C3)[C@H](C)[C@H]12.[H-].[Na+]. The van der Waals surface area contributed by atoms with E-state index in [1.165, 1.54) is 16.7 Å². The quantitative estimate of drug-likeness (QED) is 0.325. The van der Waals surface area contributed by atoms with Crippen molar-refractivity contribution >= 4 is 29.5 Å². The number of fused-ring (bicyclic) bond motifs is 1. The van der Waals surface area contributed by atoms with Crippen molar-refractivity contribution in [3.05, 3.63) is 10.6 Å². The molecule has 3 aliphatic heterocycles. The van der Waals surface area contributed by atoms with Gasteiger partial charge in [-0.1, -0.05) is 6.92 Å². The van der Waals surface area contributed by atoms with Gasteiger partial charge in [0.15, 0.2) is 0 Å². The Balaban J connectivity index is 0.00000196. The number of carbonyl (C=O) groups is 3. The summed E-state index contributed by atoms with van der Waals surface area (Å²) in [7, 11) is 3.42. The molecule has 0 spiro atoms. The molecule has 0 aliphatic carbocycles. The van der Waals surface area contributed by atoms with E-state index in [1.54, 1.807) is 25.9 Å². The molecular formula is C17H26N3NaO5S. The van der Waals surface area contributed by atoms with Crippen LogP contribution in [0.15, 0.2) is 10.6 Å². The molecule has 3 aliphatic rings. The second-order valence-electron chi connectivity index (χ2n) is 7.44. The molecule has 0 aromatic heterocycles. The number of nitrogens with zero attached hydrogens (tertiary/aromatic N) is 2. The minimum atomic E-state index is -1.12. The Morgan fingerprint density at radius 1 is 1.41 bits per heavy atom. The Labute approximate surface area is 186 Å². The number of β-lactam (4-membered cyclic amide) rings is 1. The first-order chi connectivity index (χ1) is 12.1. The van der Waals surface area contributed by atoms with Crippen molar-refractivity contribution in [3.8, 4) is 0 Å². The number of aliphatic carboxylic acids is 1. The molecule has 0 aromatic rings. The van der Waals surface area contributed by atoms with Crippen LogP contribution >= 0.6 is 11.8 Å². The average molecular weight is 407 g/mol. The summed E-state index contributed by atoms with van der Waals surface area (Å²) >= 11 is 1.45. The Morgan fingerprint density at radius 2 is 2.04 bits per heavy atom. The fourth-order valence-electron chi connectivity index (χ4n) is 4.15. The van der Waals surface area contributed by atoms with Gasteiger partial charge in [-0.05, 0) is 13.3 Å². The monoisotopic (exact) mass is 407 g/mol. The van der Waals surface area contributed by atoms with Crippen molar-refractivity contribution in [1.82, 2.24) is 15.1 Å². The Kier molecular flexibility index (Phi) is 7.08. The molecule has 3 heterocycles. The molecule has 146 valence electrons. The Bertz CT molecular complexity index is 690. The number of carbonyl (C=O) groups excluding carboxylic acids is 2. The normalized spacial score (nSPS) is 33.3. The van der Waals surface area contributed by atoms with Crippen LogP contribution in [0.4, 0.5) is 0 Å². The summed E-state index contributed by atoms with van der Waals surface area (Å²) in [5, 5.41) is 22.8. The van der Waals surface area contributed by atoms with Gasteiger partial charge in [-0.2, -0.15) is 0 Å². The van der Waals surface area contributed by atoms with Crippen LogP contribution in [0, 0.1) is 11.8 Å². The van der Waals surface area contributed by atoms with E-state index in [4.69, 9.17) is 0 Å². The van der Waals surface area contributed by atoms with Gasteiger partial charge >= 0.3 is 35.5 Å². The fourth-order valence-corrected chi connectivity index (χ4v) is 5.63. The number of amides is 2. The zero-order valence-electron chi connectivity index (χ0n) is 17.3. The largest absolute Gasteiger partial charge is 1.00 e. The number of hydrogen-bond acceptors (Lipinski definition) is 6. The van der Waals surface area contributed by atoms with E-state index >= 15 is 0 Å². The maximum absolute atomic E-state index is 12.3. The first-order valence-electron chi connectivity index (χ1n) is 8.75. The van der Waals surface area contributed by atoms with Crippen LogP contribution < -0.4 is 34.9 Å². The van der Waals surface area contributed by atoms with Crippen molar-refractivity contribution in [1.29, 1.82) is 0 Å². The summed E-state index contributed by atoms with van der Waals surface area (Å²) < 4.78 is 0. The number of carboxylic acids is 1. The summed E-state index contributed by atoms with van der Waals surface area (Å²) in [4.78, 5) is 39.8. The molecule has 0 aromatic carbocycles. The molecule has 3 rings (SSSR count). The van der Waals surface area contributed by atoms with Crippen LogP contribution in [0.2, 0.25) is 0 Å². The van der Waals surface area contributed by atoms with Gasteiger partial charge in [-0.25, -0.2) is 4.79 Å². The molecule has 10 heteroatoms. The van der Waals surface area contributed by atoms with E-state index in [2.05, 4.69) is 5.32 Å². The summed E-state index contributed by atoms with van der Waals surface area (Å²) in [6, 6.07) is -0.568. The first-order valence-corrected chi connectivity index (χ1v) is 9.62. The topological polar surface area (TPSA) is 110 Å². The van der Waals surface area contributed by atoms with E-state index in [9.17, 15) is 24.6 Å². The Morgan fingerprint density at radius 3 is 2.56 bits per heavy atom. The number of aliphatic hydroxyl groups excluding tert-OH is 1. The maximum atomic E-state index is 12.3. The fraction of sp³-hybridized carbons (Fsp3) is 0.706. The van der Waals surface area contributed by atoms with Crippen molar-refractivity contribution in [2.24, 2.45) is 11.8 Å². The molecule has 0 bridgehead atoms. The van der Waals surface area contributed by atoms with Gasteiger partial charge in [0.25, 0.3) is 0 Å². The summed E-state index contributed by atoms with van der Waals surface area (Å²) in [6.45, 7) is 4.08. The van der Waals surface area contributed by atoms with Gasteiger partial charge in [0.2, 0.25) is 11.8 Å². The minimum absolute atomic E-state index is 0. The number of thioether (sulfide) groups is 1. The number of aliphatic hydroxyl groups is 1. The molecule has 27 heavy (non-hydrogen) atoms. The van der Waals surface area contributed by atoms with Crippen molar-refractivity contribution in [2.75, 3.05) is 20.6 Å². The van der Waals surface area contributed by atoms with E-state index < -0.39 is 18.0 Å². The molecule has 6 atom stereocenters. The number of likely N-dealkylation sites (N-methyl/N-ethyl adjacent to an activating group) is 1. The molecule has 3 N–H and O–H groups in total. The van der Waals surface area contributed by atoms with Gasteiger partial charge in [0.05, 0.1) is 24.1 Å². The van der Waals surface area contributed by atoms with E-state index in [-0.39, 0.29) is 71.7 Å². The van der Waals surface area contributed by atoms with Gasteiger partial charge in [-0.3, -0.25) is 9.59 Å². The first kappa shape index (κ1) is 22.7. The van der Waals surface area contributed by atoms with Crippen LogP contribution in [-0.4, -0.2) is 81.9 Å². The van der Waals surface area contributed by atoms with Crippen LogP contribution in [0.25, 0.3) is 0 Å². The molecule has 2 amide bonds. The van der Waals surface area contributed by atoms with Crippen LogP contribution in [0.5, 0.6) is 0 Å². The van der Waals surface area contributed by atoms with E-state index in [0.29, 0.717) is 17.9 Å². The smallest absolute Gasteiger partial charge is 1.00 e. The van der Waals surface area contributed by atoms with Crippen LogP contribution in [0.1, 0.15) is 21.7 Å². The third kappa shape index (κ3) is 3.82. The van der Waals surface area contributed by atoms with E-state index in [0.717, 1.165) is 0 Å². The molecule has 2 fully saturated rings. The zero-order valence-corrected chi connectivity index (χ0v) is 19.1. The predicted octanol–water partition coefficient (Wildman–Crippen LogP) is -3.19. The third-order valence-corrected chi connectivity index (χ3v) is 6.95. The molecule has 0 saturated carbocycles. The van der Waals surface area contributed by atoms with Crippen LogP contribution in [0.3, 0.4) is 0 Å².